The first-order chi connectivity index (χ1) is 18.3. The number of carbonyl (C=O) groups is 1. The lowest BCUT2D eigenvalue weighted by atomic mass is 10.0. The van der Waals surface area contributed by atoms with Crippen LogP contribution in [-0.2, 0) is 22.9 Å². The topological polar surface area (TPSA) is 121 Å². The van der Waals surface area contributed by atoms with Gasteiger partial charge in [0, 0.05) is 35.8 Å². The van der Waals surface area contributed by atoms with Crippen molar-refractivity contribution in [2.45, 2.75) is 37.1 Å². The molecule has 0 aliphatic rings. The molecule has 9 heteroatoms. The van der Waals surface area contributed by atoms with E-state index in [2.05, 4.69) is 15.0 Å². The minimum Gasteiger partial charge on any atom is -0.492 e. The molecule has 0 aliphatic heterocycles. The van der Waals surface area contributed by atoms with Gasteiger partial charge in [-0.05, 0) is 66.3 Å². The fraction of sp³-hybridized carbons (Fsp3) is 0.276. The van der Waals surface area contributed by atoms with Crippen molar-refractivity contribution >= 4 is 26.8 Å². The van der Waals surface area contributed by atoms with E-state index in [4.69, 9.17) is 4.74 Å². The third kappa shape index (κ3) is 6.42. The summed E-state index contributed by atoms with van der Waals surface area (Å²) in [5.74, 6) is 0.0985. The van der Waals surface area contributed by atoms with Gasteiger partial charge in [0.25, 0.3) is 5.91 Å². The summed E-state index contributed by atoms with van der Waals surface area (Å²) in [6, 6.07) is 19.3. The second-order valence-corrected chi connectivity index (χ2v) is 10.8. The second kappa shape index (κ2) is 12.3. The highest BCUT2D eigenvalue weighted by atomic mass is 32.2. The molecule has 0 bridgehead atoms. The quantitative estimate of drug-likeness (QED) is 0.220. The highest BCUT2D eigenvalue weighted by molar-refractivity contribution is 7.89. The van der Waals surface area contributed by atoms with Crippen molar-refractivity contribution in [1.29, 1.82) is 0 Å². The number of aliphatic hydroxyl groups is 1. The average molecular weight is 536 g/mol. The molecule has 0 aliphatic carbocycles. The first-order valence-corrected chi connectivity index (χ1v) is 14.1. The summed E-state index contributed by atoms with van der Waals surface area (Å²) in [7, 11) is -2.44. The number of fused-ring (bicyclic) bond motifs is 1. The maximum absolute atomic E-state index is 13.6. The van der Waals surface area contributed by atoms with Crippen molar-refractivity contribution in [2.24, 2.45) is 0 Å². The summed E-state index contributed by atoms with van der Waals surface area (Å²) in [6.45, 7) is 1.97. The predicted molar refractivity (Wildman–Crippen MR) is 148 cm³/mol. The molecule has 0 saturated heterocycles. The number of carbonyl (C=O) groups excluding carboxylic acids is 1. The van der Waals surface area contributed by atoms with Gasteiger partial charge < -0.3 is 20.1 Å². The Balaban J connectivity index is 1.58. The van der Waals surface area contributed by atoms with Crippen LogP contribution in [0.3, 0.4) is 0 Å². The molecule has 0 radical (unpaired) electrons. The molecule has 0 unspecified atom stereocenters. The van der Waals surface area contributed by atoms with Crippen LogP contribution in [-0.4, -0.2) is 50.7 Å². The summed E-state index contributed by atoms with van der Waals surface area (Å²) in [5.41, 5.74) is 4.13. The molecule has 0 spiro atoms. The molecule has 4 rings (SSSR count). The van der Waals surface area contributed by atoms with Gasteiger partial charge in [-0.1, -0.05) is 43.3 Å². The Morgan fingerprint density at radius 3 is 2.50 bits per heavy atom. The van der Waals surface area contributed by atoms with E-state index in [1.54, 1.807) is 31.3 Å². The molecule has 1 aromatic heterocycles. The van der Waals surface area contributed by atoms with Crippen molar-refractivity contribution in [1.82, 2.24) is 15.0 Å². The van der Waals surface area contributed by atoms with Gasteiger partial charge in [-0.3, -0.25) is 4.79 Å². The number of nitrogens with one attached hydrogen (secondary N) is 3. The number of H-pyrrole nitrogens is 1. The molecule has 0 fully saturated rings. The van der Waals surface area contributed by atoms with E-state index in [1.165, 1.54) is 0 Å². The van der Waals surface area contributed by atoms with E-state index >= 15 is 0 Å². The molecular formula is C29H33N3O5S. The number of sulfonamides is 1. The first kappa shape index (κ1) is 27.4. The monoisotopic (exact) mass is 535 g/mol. The Morgan fingerprint density at radius 2 is 1.79 bits per heavy atom. The van der Waals surface area contributed by atoms with E-state index < -0.39 is 16.1 Å². The number of para-hydroxylation sites is 1. The highest BCUT2D eigenvalue weighted by Crippen LogP contribution is 2.28. The molecule has 1 atom stereocenters. The number of amides is 1. The van der Waals surface area contributed by atoms with Crippen molar-refractivity contribution in [3.63, 3.8) is 0 Å². The zero-order valence-electron chi connectivity index (χ0n) is 21.5. The van der Waals surface area contributed by atoms with Crippen molar-refractivity contribution in [2.75, 3.05) is 20.3 Å². The van der Waals surface area contributed by atoms with Gasteiger partial charge >= 0.3 is 0 Å². The summed E-state index contributed by atoms with van der Waals surface area (Å²) in [5, 5.41) is 13.6. The minimum atomic E-state index is -4.02. The van der Waals surface area contributed by atoms with E-state index in [-0.39, 0.29) is 23.2 Å². The molecule has 4 aromatic rings. The summed E-state index contributed by atoms with van der Waals surface area (Å²) in [4.78, 5) is 15.0. The lowest BCUT2D eigenvalue weighted by Gasteiger charge is -2.19. The van der Waals surface area contributed by atoms with Gasteiger partial charge in [0.2, 0.25) is 10.0 Å². The van der Waals surface area contributed by atoms with Crippen LogP contribution in [0.2, 0.25) is 0 Å². The van der Waals surface area contributed by atoms with E-state index in [0.717, 1.165) is 34.0 Å². The zero-order chi connectivity index (χ0) is 27.1. The number of rotatable bonds is 12. The molecule has 200 valence electrons. The molecule has 1 amide bonds. The van der Waals surface area contributed by atoms with Gasteiger partial charge in [0.15, 0.2) is 0 Å². The van der Waals surface area contributed by atoms with Crippen molar-refractivity contribution < 1.29 is 23.1 Å². The Kier molecular flexibility index (Phi) is 8.83. The Bertz CT molecular complexity index is 1500. The van der Waals surface area contributed by atoms with E-state index in [1.807, 2.05) is 55.6 Å². The largest absolute Gasteiger partial charge is 0.492 e. The predicted octanol–water partition coefficient (Wildman–Crippen LogP) is 3.79. The Hall–Kier alpha value is -3.66. The molecule has 3 aromatic carbocycles. The molecule has 4 N–H and O–H groups in total. The lowest BCUT2D eigenvalue weighted by molar-refractivity contribution is 0.0963. The third-order valence-electron chi connectivity index (χ3n) is 6.29. The number of aromatic nitrogens is 1. The van der Waals surface area contributed by atoms with Gasteiger partial charge in [0.05, 0.1) is 13.2 Å². The fourth-order valence-electron chi connectivity index (χ4n) is 4.35. The SMILES string of the molecule is CCCOc1ccc(Cc2ccc(C(=O)NC)cc2)cc1S(=O)(=O)N[C@@H](CO)Cc1c[nH]c2ccccc12. The van der Waals surface area contributed by atoms with Gasteiger partial charge in [0.1, 0.15) is 10.6 Å². The molecule has 1 heterocycles. The number of hydrogen-bond acceptors (Lipinski definition) is 5. The van der Waals surface area contributed by atoms with Crippen LogP contribution in [0.25, 0.3) is 10.9 Å². The third-order valence-corrected chi connectivity index (χ3v) is 7.84. The zero-order valence-corrected chi connectivity index (χ0v) is 22.3. The smallest absolute Gasteiger partial charge is 0.251 e. The Morgan fingerprint density at radius 1 is 1.05 bits per heavy atom. The lowest BCUT2D eigenvalue weighted by Crippen LogP contribution is -2.39. The first-order valence-electron chi connectivity index (χ1n) is 12.6. The average Bonchev–Trinajstić information content (AvgIpc) is 3.34. The van der Waals surface area contributed by atoms with Crippen LogP contribution in [0.15, 0.2) is 77.8 Å². The van der Waals surface area contributed by atoms with Crippen LogP contribution < -0.4 is 14.8 Å². The molecule has 38 heavy (non-hydrogen) atoms. The fourth-order valence-corrected chi connectivity index (χ4v) is 5.77. The molecular weight excluding hydrogens is 502 g/mol. The summed E-state index contributed by atoms with van der Waals surface area (Å²) in [6.07, 6.45) is 3.37. The van der Waals surface area contributed by atoms with Crippen LogP contribution in [0, 0.1) is 0 Å². The highest BCUT2D eigenvalue weighted by Gasteiger charge is 2.25. The van der Waals surface area contributed by atoms with Gasteiger partial charge in [-0.2, -0.15) is 0 Å². The van der Waals surface area contributed by atoms with E-state index in [0.29, 0.717) is 25.0 Å². The van der Waals surface area contributed by atoms with E-state index in [9.17, 15) is 18.3 Å². The number of benzene rings is 3. The summed E-state index contributed by atoms with van der Waals surface area (Å²) < 4.78 is 35.6. The van der Waals surface area contributed by atoms with Crippen LogP contribution in [0.5, 0.6) is 5.75 Å². The Labute approximate surface area is 223 Å². The maximum Gasteiger partial charge on any atom is 0.251 e. The minimum absolute atomic E-state index is 0.0304. The van der Waals surface area contributed by atoms with Crippen LogP contribution in [0.1, 0.15) is 40.4 Å². The van der Waals surface area contributed by atoms with Crippen LogP contribution >= 0.6 is 0 Å². The number of aliphatic hydroxyl groups excluding tert-OH is 1. The van der Waals surface area contributed by atoms with Crippen molar-refractivity contribution in [3.8, 4) is 5.75 Å². The van der Waals surface area contributed by atoms with Gasteiger partial charge in [-0.25, -0.2) is 13.1 Å². The standard InChI is InChI=1S/C29H33N3O5S/c1-3-14-37-27-13-10-21(15-20-8-11-22(12-9-20)29(34)30-2)16-28(27)38(35,36)32-24(19-33)17-23-18-31-26-7-5-4-6-25(23)26/h4-13,16,18,24,31-33H,3,14-15,17,19H2,1-2H3,(H,30,34)/t24-/m1/s1. The molecule has 0 saturated carbocycles. The second-order valence-electron chi connectivity index (χ2n) is 9.15. The van der Waals surface area contributed by atoms with Crippen molar-refractivity contribution in [3.05, 3.63) is 95.2 Å². The normalized spacial score (nSPS) is 12.4. The summed E-state index contributed by atoms with van der Waals surface area (Å²) >= 11 is 0. The van der Waals surface area contributed by atoms with Crippen LogP contribution in [0.4, 0.5) is 0 Å². The number of hydrogen-bond donors (Lipinski definition) is 4. The molecule has 8 nitrogen and oxygen atoms in total. The number of ether oxygens (including phenoxy) is 1. The number of aromatic amines is 1. The maximum atomic E-state index is 13.6. The van der Waals surface area contributed by atoms with Gasteiger partial charge in [-0.15, -0.1) is 0 Å².